The fraction of sp³-hybridized carbons (Fsp3) is 0.429. The Kier molecular flexibility index (Phi) is 6.50. The SMILES string of the molecule is CCCCSC(CC(=O)c1ccccc1)C(=O)O. The third kappa shape index (κ3) is 4.92. The lowest BCUT2D eigenvalue weighted by molar-refractivity contribution is -0.136. The van der Waals surface area contributed by atoms with Crippen LogP contribution >= 0.6 is 11.8 Å². The fourth-order valence-electron chi connectivity index (χ4n) is 1.50. The van der Waals surface area contributed by atoms with Crippen LogP contribution in [0.2, 0.25) is 0 Å². The average molecular weight is 266 g/mol. The number of carboxylic acid groups (broad SMARTS) is 1. The van der Waals surface area contributed by atoms with Crippen LogP contribution in [0.5, 0.6) is 0 Å². The topological polar surface area (TPSA) is 54.4 Å². The van der Waals surface area contributed by atoms with Crippen molar-refractivity contribution in [3.63, 3.8) is 0 Å². The Hall–Kier alpha value is -1.29. The maximum absolute atomic E-state index is 11.9. The summed E-state index contributed by atoms with van der Waals surface area (Å²) in [5.74, 6) is -0.220. The third-order valence-electron chi connectivity index (χ3n) is 2.56. The van der Waals surface area contributed by atoms with Crippen molar-refractivity contribution in [2.75, 3.05) is 5.75 Å². The molecule has 0 bridgehead atoms. The molecule has 1 aromatic rings. The van der Waals surface area contributed by atoms with Crippen LogP contribution in [0.4, 0.5) is 0 Å². The van der Waals surface area contributed by atoms with Crippen LogP contribution in [0.25, 0.3) is 0 Å². The highest BCUT2D eigenvalue weighted by atomic mass is 32.2. The number of unbranched alkanes of at least 4 members (excludes halogenated alkanes) is 1. The zero-order valence-corrected chi connectivity index (χ0v) is 11.3. The summed E-state index contributed by atoms with van der Waals surface area (Å²) >= 11 is 1.36. The van der Waals surface area contributed by atoms with Gasteiger partial charge in [-0.25, -0.2) is 0 Å². The molecule has 1 N–H and O–H groups in total. The Labute approximate surface area is 112 Å². The van der Waals surface area contributed by atoms with E-state index in [-0.39, 0.29) is 12.2 Å². The summed E-state index contributed by atoms with van der Waals surface area (Å²) in [5, 5.41) is 8.46. The second-order valence-electron chi connectivity index (χ2n) is 4.04. The van der Waals surface area contributed by atoms with Gasteiger partial charge in [0.25, 0.3) is 0 Å². The van der Waals surface area contributed by atoms with E-state index < -0.39 is 11.2 Å². The van der Waals surface area contributed by atoms with Crippen LogP contribution in [-0.2, 0) is 4.79 Å². The van der Waals surface area contributed by atoms with Crippen LogP contribution in [-0.4, -0.2) is 27.9 Å². The molecular formula is C14H18O3S. The molecule has 1 aromatic carbocycles. The minimum absolute atomic E-state index is 0.0632. The third-order valence-corrected chi connectivity index (χ3v) is 3.85. The number of thioether (sulfide) groups is 1. The van der Waals surface area contributed by atoms with Gasteiger partial charge in [-0.05, 0) is 12.2 Å². The Morgan fingerprint density at radius 2 is 1.94 bits per heavy atom. The van der Waals surface area contributed by atoms with Crippen LogP contribution in [0.1, 0.15) is 36.5 Å². The molecule has 0 fully saturated rings. The first kappa shape index (κ1) is 14.8. The van der Waals surface area contributed by atoms with Gasteiger partial charge in [-0.3, -0.25) is 9.59 Å². The molecule has 0 radical (unpaired) electrons. The summed E-state index contributed by atoms with van der Waals surface area (Å²) in [7, 11) is 0. The number of ketones is 1. The van der Waals surface area contributed by atoms with Gasteiger partial charge < -0.3 is 5.11 Å². The van der Waals surface area contributed by atoms with Crippen LogP contribution in [0.3, 0.4) is 0 Å². The number of benzene rings is 1. The van der Waals surface area contributed by atoms with Crippen molar-refractivity contribution in [2.45, 2.75) is 31.4 Å². The molecule has 0 aliphatic rings. The van der Waals surface area contributed by atoms with Crippen molar-refractivity contribution in [3.8, 4) is 0 Å². The second-order valence-corrected chi connectivity index (χ2v) is 5.36. The predicted octanol–water partition coefficient (Wildman–Crippen LogP) is 3.25. The molecule has 0 saturated carbocycles. The molecule has 0 heterocycles. The van der Waals surface area contributed by atoms with E-state index >= 15 is 0 Å². The lowest BCUT2D eigenvalue weighted by Gasteiger charge is -2.10. The molecule has 3 nitrogen and oxygen atoms in total. The lowest BCUT2D eigenvalue weighted by Crippen LogP contribution is -2.21. The summed E-state index contributed by atoms with van der Waals surface area (Å²) in [5.41, 5.74) is 0.583. The molecule has 1 unspecified atom stereocenters. The van der Waals surface area contributed by atoms with Gasteiger partial charge in [0.05, 0.1) is 0 Å². The van der Waals surface area contributed by atoms with Crippen LogP contribution in [0, 0.1) is 0 Å². The first-order valence-electron chi connectivity index (χ1n) is 6.07. The predicted molar refractivity (Wildman–Crippen MR) is 74.2 cm³/mol. The van der Waals surface area contributed by atoms with Gasteiger partial charge in [0.1, 0.15) is 5.25 Å². The highest BCUT2D eigenvalue weighted by Crippen LogP contribution is 2.19. The van der Waals surface area contributed by atoms with Gasteiger partial charge in [0.15, 0.2) is 5.78 Å². The molecule has 4 heteroatoms. The van der Waals surface area contributed by atoms with Crippen molar-refractivity contribution in [2.24, 2.45) is 0 Å². The molecule has 0 aliphatic carbocycles. The molecule has 98 valence electrons. The van der Waals surface area contributed by atoms with E-state index in [9.17, 15) is 9.59 Å². The summed E-state index contributed by atoms with van der Waals surface area (Å²) in [6.07, 6.45) is 2.08. The first-order chi connectivity index (χ1) is 8.65. The molecule has 18 heavy (non-hydrogen) atoms. The maximum atomic E-state index is 11.9. The van der Waals surface area contributed by atoms with Gasteiger partial charge in [-0.15, -0.1) is 11.8 Å². The summed E-state index contributed by atoms with van der Waals surface area (Å²) in [6, 6.07) is 8.85. The van der Waals surface area contributed by atoms with E-state index in [4.69, 9.17) is 5.11 Å². The number of Topliss-reactive ketones (excluding diaryl/α,β-unsaturated/α-hetero) is 1. The highest BCUT2D eigenvalue weighted by Gasteiger charge is 2.21. The number of hydrogen-bond acceptors (Lipinski definition) is 3. The minimum Gasteiger partial charge on any atom is -0.480 e. The highest BCUT2D eigenvalue weighted by molar-refractivity contribution is 8.00. The van der Waals surface area contributed by atoms with Crippen molar-refractivity contribution >= 4 is 23.5 Å². The molecule has 0 aliphatic heterocycles. The van der Waals surface area contributed by atoms with Crippen LogP contribution < -0.4 is 0 Å². The largest absolute Gasteiger partial charge is 0.480 e. The van der Waals surface area contributed by atoms with E-state index in [1.807, 2.05) is 6.07 Å². The van der Waals surface area contributed by atoms with Crippen molar-refractivity contribution < 1.29 is 14.7 Å². The van der Waals surface area contributed by atoms with Crippen molar-refractivity contribution in [3.05, 3.63) is 35.9 Å². The number of rotatable bonds is 8. The number of carbonyl (C=O) groups is 2. The summed E-state index contributed by atoms with van der Waals surface area (Å²) in [6.45, 7) is 2.06. The first-order valence-corrected chi connectivity index (χ1v) is 7.12. The quantitative estimate of drug-likeness (QED) is 0.579. The Morgan fingerprint density at radius 1 is 1.28 bits per heavy atom. The minimum atomic E-state index is -0.902. The monoisotopic (exact) mass is 266 g/mol. The van der Waals surface area contributed by atoms with Crippen LogP contribution in [0.15, 0.2) is 30.3 Å². The van der Waals surface area contributed by atoms with E-state index in [0.29, 0.717) is 5.56 Å². The summed E-state index contributed by atoms with van der Waals surface area (Å²) < 4.78 is 0. The molecular weight excluding hydrogens is 248 g/mol. The van der Waals surface area contributed by atoms with Crippen molar-refractivity contribution in [1.82, 2.24) is 0 Å². The smallest absolute Gasteiger partial charge is 0.317 e. The fourth-order valence-corrected chi connectivity index (χ4v) is 2.65. The normalized spacial score (nSPS) is 12.1. The Bertz CT molecular complexity index is 389. The molecule has 1 atom stereocenters. The van der Waals surface area contributed by atoms with Gasteiger partial charge >= 0.3 is 5.97 Å². The van der Waals surface area contributed by atoms with Gasteiger partial charge in [0, 0.05) is 12.0 Å². The zero-order valence-electron chi connectivity index (χ0n) is 10.5. The Balaban J connectivity index is 2.55. The lowest BCUT2D eigenvalue weighted by atomic mass is 10.1. The summed E-state index contributed by atoms with van der Waals surface area (Å²) in [4.78, 5) is 23.0. The van der Waals surface area contributed by atoms with Crippen molar-refractivity contribution in [1.29, 1.82) is 0 Å². The zero-order chi connectivity index (χ0) is 13.4. The van der Waals surface area contributed by atoms with E-state index in [2.05, 4.69) is 6.92 Å². The molecule has 0 spiro atoms. The van der Waals surface area contributed by atoms with Gasteiger partial charge in [0.2, 0.25) is 0 Å². The number of carboxylic acids is 1. The van der Waals surface area contributed by atoms with Gasteiger partial charge in [-0.1, -0.05) is 43.7 Å². The number of carbonyl (C=O) groups excluding carboxylic acids is 1. The van der Waals surface area contributed by atoms with Gasteiger partial charge in [-0.2, -0.15) is 0 Å². The maximum Gasteiger partial charge on any atom is 0.317 e. The molecule has 0 saturated heterocycles. The van der Waals surface area contributed by atoms with E-state index in [1.165, 1.54) is 11.8 Å². The molecule has 0 aromatic heterocycles. The molecule has 1 rings (SSSR count). The second kappa shape index (κ2) is 7.93. The number of hydrogen-bond donors (Lipinski definition) is 1. The number of aliphatic carboxylic acids is 1. The molecule has 0 amide bonds. The average Bonchev–Trinajstić information content (AvgIpc) is 2.38. The Morgan fingerprint density at radius 3 is 2.50 bits per heavy atom. The van der Waals surface area contributed by atoms with E-state index in [0.717, 1.165) is 18.6 Å². The standard InChI is InChI=1S/C14H18O3S/c1-2-3-9-18-13(14(16)17)10-12(15)11-7-5-4-6-8-11/h4-8,13H,2-3,9-10H2,1H3,(H,16,17). The van der Waals surface area contributed by atoms with E-state index in [1.54, 1.807) is 24.3 Å².